The van der Waals surface area contributed by atoms with Gasteiger partial charge in [0.1, 0.15) is 5.75 Å². The molecule has 0 aliphatic heterocycles. The van der Waals surface area contributed by atoms with Gasteiger partial charge in [0.15, 0.2) is 13.2 Å². The normalized spacial score (nSPS) is 10.1. The van der Waals surface area contributed by atoms with Crippen molar-refractivity contribution in [1.82, 2.24) is 5.32 Å². The lowest BCUT2D eigenvalue weighted by Gasteiger charge is -2.09. The van der Waals surface area contributed by atoms with Crippen molar-refractivity contribution in [3.63, 3.8) is 0 Å². The van der Waals surface area contributed by atoms with Crippen LogP contribution in [0.2, 0.25) is 0 Å². The molecule has 104 valence electrons. The molecule has 0 aliphatic rings. The van der Waals surface area contributed by atoms with Gasteiger partial charge in [-0.2, -0.15) is 0 Å². The molecule has 0 fully saturated rings. The summed E-state index contributed by atoms with van der Waals surface area (Å²) in [7, 11) is 0. The number of nitrogens with one attached hydrogen (secondary N) is 1. The van der Waals surface area contributed by atoms with Crippen molar-refractivity contribution < 1.29 is 19.1 Å². The number of esters is 1. The SMILES string of the molecule is CC(C)NC(=O)COC(=O)COc1ccc(Br)cc1. The fourth-order valence-electron chi connectivity index (χ4n) is 1.22. The van der Waals surface area contributed by atoms with Gasteiger partial charge in [-0.3, -0.25) is 4.79 Å². The Kier molecular flexibility index (Phi) is 6.35. The fraction of sp³-hybridized carbons (Fsp3) is 0.385. The zero-order valence-electron chi connectivity index (χ0n) is 10.8. The van der Waals surface area contributed by atoms with Crippen LogP contribution < -0.4 is 10.1 Å². The number of hydrogen-bond donors (Lipinski definition) is 1. The van der Waals surface area contributed by atoms with Crippen LogP contribution in [0.25, 0.3) is 0 Å². The molecule has 1 amide bonds. The first-order valence-electron chi connectivity index (χ1n) is 5.80. The highest BCUT2D eigenvalue weighted by Crippen LogP contribution is 2.15. The van der Waals surface area contributed by atoms with E-state index in [-0.39, 0.29) is 25.2 Å². The minimum atomic E-state index is -0.582. The lowest BCUT2D eigenvalue weighted by molar-refractivity contribution is -0.150. The van der Waals surface area contributed by atoms with Crippen molar-refractivity contribution in [3.8, 4) is 5.75 Å². The van der Waals surface area contributed by atoms with E-state index < -0.39 is 5.97 Å². The van der Waals surface area contributed by atoms with E-state index in [0.29, 0.717) is 5.75 Å². The summed E-state index contributed by atoms with van der Waals surface area (Å²) in [5.74, 6) is -0.347. The molecule has 0 spiro atoms. The van der Waals surface area contributed by atoms with E-state index in [9.17, 15) is 9.59 Å². The Balaban J connectivity index is 2.24. The Hall–Kier alpha value is -1.56. The van der Waals surface area contributed by atoms with Gasteiger partial charge in [0.05, 0.1) is 0 Å². The Morgan fingerprint density at radius 3 is 2.42 bits per heavy atom. The molecule has 0 radical (unpaired) electrons. The molecule has 5 nitrogen and oxygen atoms in total. The van der Waals surface area contributed by atoms with Gasteiger partial charge in [-0.1, -0.05) is 15.9 Å². The number of amides is 1. The van der Waals surface area contributed by atoms with E-state index in [1.807, 2.05) is 13.8 Å². The van der Waals surface area contributed by atoms with Gasteiger partial charge < -0.3 is 14.8 Å². The molecule has 0 saturated heterocycles. The Bertz CT molecular complexity index is 431. The first kappa shape index (κ1) is 15.5. The summed E-state index contributed by atoms with van der Waals surface area (Å²) < 4.78 is 10.9. The van der Waals surface area contributed by atoms with Gasteiger partial charge in [-0.25, -0.2) is 4.79 Å². The van der Waals surface area contributed by atoms with E-state index in [2.05, 4.69) is 21.2 Å². The van der Waals surface area contributed by atoms with Crippen molar-refractivity contribution >= 4 is 27.8 Å². The monoisotopic (exact) mass is 329 g/mol. The Morgan fingerprint density at radius 1 is 1.21 bits per heavy atom. The predicted molar refractivity (Wildman–Crippen MR) is 73.9 cm³/mol. The van der Waals surface area contributed by atoms with Crippen molar-refractivity contribution in [2.75, 3.05) is 13.2 Å². The molecular weight excluding hydrogens is 314 g/mol. The summed E-state index contributed by atoms with van der Waals surface area (Å²) in [5, 5.41) is 2.62. The van der Waals surface area contributed by atoms with Crippen LogP contribution in [0.15, 0.2) is 28.7 Å². The van der Waals surface area contributed by atoms with E-state index in [1.54, 1.807) is 24.3 Å². The van der Waals surface area contributed by atoms with Gasteiger partial charge in [0.25, 0.3) is 5.91 Å². The summed E-state index contributed by atoms with van der Waals surface area (Å²) in [4.78, 5) is 22.6. The molecule has 0 aliphatic carbocycles. The first-order chi connectivity index (χ1) is 8.97. The Morgan fingerprint density at radius 2 is 1.84 bits per heavy atom. The number of rotatable bonds is 6. The molecule has 0 aromatic heterocycles. The number of ether oxygens (including phenoxy) is 2. The van der Waals surface area contributed by atoms with Gasteiger partial charge >= 0.3 is 5.97 Å². The number of carbonyl (C=O) groups excluding carboxylic acids is 2. The van der Waals surface area contributed by atoms with Crippen LogP contribution in [0.3, 0.4) is 0 Å². The van der Waals surface area contributed by atoms with Crippen LogP contribution >= 0.6 is 15.9 Å². The quantitative estimate of drug-likeness (QED) is 0.809. The molecule has 1 aromatic carbocycles. The van der Waals surface area contributed by atoms with Crippen LogP contribution in [-0.4, -0.2) is 31.1 Å². The summed E-state index contributed by atoms with van der Waals surface area (Å²) in [6, 6.07) is 7.07. The maximum absolute atomic E-state index is 11.3. The minimum absolute atomic E-state index is 0.0187. The Labute approximate surface area is 120 Å². The van der Waals surface area contributed by atoms with Crippen LogP contribution in [0.4, 0.5) is 0 Å². The average molecular weight is 330 g/mol. The average Bonchev–Trinajstić information content (AvgIpc) is 2.35. The fourth-order valence-corrected chi connectivity index (χ4v) is 1.49. The van der Waals surface area contributed by atoms with Gasteiger partial charge in [0.2, 0.25) is 0 Å². The highest BCUT2D eigenvalue weighted by Gasteiger charge is 2.09. The minimum Gasteiger partial charge on any atom is -0.482 e. The molecule has 1 N–H and O–H groups in total. The van der Waals surface area contributed by atoms with Crippen molar-refractivity contribution in [2.45, 2.75) is 19.9 Å². The molecule has 0 unspecified atom stereocenters. The lowest BCUT2D eigenvalue weighted by Crippen LogP contribution is -2.34. The van der Waals surface area contributed by atoms with E-state index in [0.717, 1.165) is 4.47 Å². The van der Waals surface area contributed by atoms with Crippen LogP contribution in [0, 0.1) is 0 Å². The summed E-state index contributed by atoms with van der Waals surface area (Å²) in [6.07, 6.45) is 0. The maximum atomic E-state index is 11.3. The van der Waals surface area contributed by atoms with E-state index in [1.165, 1.54) is 0 Å². The smallest absolute Gasteiger partial charge is 0.344 e. The second kappa shape index (κ2) is 7.78. The van der Waals surface area contributed by atoms with Gasteiger partial charge in [-0.15, -0.1) is 0 Å². The first-order valence-corrected chi connectivity index (χ1v) is 6.60. The second-order valence-electron chi connectivity index (χ2n) is 4.13. The molecule has 0 saturated carbocycles. The van der Waals surface area contributed by atoms with Crippen molar-refractivity contribution in [1.29, 1.82) is 0 Å². The number of carbonyl (C=O) groups is 2. The highest BCUT2D eigenvalue weighted by molar-refractivity contribution is 9.10. The van der Waals surface area contributed by atoms with E-state index >= 15 is 0 Å². The third-order valence-electron chi connectivity index (χ3n) is 1.98. The largest absolute Gasteiger partial charge is 0.482 e. The van der Waals surface area contributed by atoms with Gasteiger partial charge in [-0.05, 0) is 38.1 Å². The summed E-state index contributed by atoms with van der Waals surface area (Å²) in [5.41, 5.74) is 0. The van der Waals surface area contributed by atoms with Crippen LogP contribution in [-0.2, 0) is 14.3 Å². The molecule has 0 heterocycles. The topological polar surface area (TPSA) is 64.6 Å². The predicted octanol–water partition coefficient (Wildman–Crippen LogP) is 1.90. The zero-order chi connectivity index (χ0) is 14.3. The van der Waals surface area contributed by atoms with Crippen molar-refractivity contribution in [2.24, 2.45) is 0 Å². The molecule has 0 bridgehead atoms. The standard InChI is InChI=1S/C13H16BrNO4/c1-9(2)15-12(16)7-19-13(17)8-18-11-5-3-10(14)4-6-11/h3-6,9H,7-8H2,1-2H3,(H,15,16). The lowest BCUT2D eigenvalue weighted by atomic mass is 10.3. The highest BCUT2D eigenvalue weighted by atomic mass is 79.9. The molecule has 1 rings (SSSR count). The number of hydrogen-bond acceptors (Lipinski definition) is 4. The molecule has 19 heavy (non-hydrogen) atoms. The molecular formula is C13H16BrNO4. The molecule has 1 aromatic rings. The molecule has 0 atom stereocenters. The third kappa shape index (κ3) is 6.81. The number of halogens is 1. The maximum Gasteiger partial charge on any atom is 0.344 e. The number of benzene rings is 1. The van der Waals surface area contributed by atoms with Gasteiger partial charge in [0, 0.05) is 10.5 Å². The molecule has 6 heteroatoms. The van der Waals surface area contributed by atoms with E-state index in [4.69, 9.17) is 9.47 Å². The third-order valence-corrected chi connectivity index (χ3v) is 2.51. The van der Waals surface area contributed by atoms with Crippen LogP contribution in [0.1, 0.15) is 13.8 Å². The zero-order valence-corrected chi connectivity index (χ0v) is 12.4. The summed E-state index contributed by atoms with van der Waals surface area (Å²) in [6.45, 7) is 3.14. The van der Waals surface area contributed by atoms with Crippen molar-refractivity contribution in [3.05, 3.63) is 28.7 Å². The summed E-state index contributed by atoms with van der Waals surface area (Å²) >= 11 is 3.29. The second-order valence-corrected chi connectivity index (χ2v) is 5.04. The van der Waals surface area contributed by atoms with Crippen LogP contribution in [0.5, 0.6) is 5.75 Å².